The Bertz CT molecular complexity index is 755. The number of amides is 1. The van der Waals surface area contributed by atoms with Gasteiger partial charge in [-0.15, -0.1) is 0 Å². The second-order valence-electron chi connectivity index (χ2n) is 6.66. The van der Waals surface area contributed by atoms with Gasteiger partial charge < -0.3 is 10.2 Å². The third-order valence-corrected chi connectivity index (χ3v) is 5.49. The largest absolute Gasteiger partial charge is 0.369 e. The first-order valence-electron chi connectivity index (χ1n) is 9.45. The number of para-hydroxylation sites is 1. The van der Waals surface area contributed by atoms with Crippen molar-refractivity contribution in [1.82, 2.24) is 10.2 Å². The Labute approximate surface area is 170 Å². The van der Waals surface area contributed by atoms with Crippen LogP contribution in [0.25, 0.3) is 6.08 Å². The summed E-state index contributed by atoms with van der Waals surface area (Å²) in [6, 6.07) is 18.4. The summed E-state index contributed by atoms with van der Waals surface area (Å²) in [6.45, 7) is 6.00. The van der Waals surface area contributed by atoms with Crippen LogP contribution in [-0.2, 0) is 4.79 Å². The summed E-state index contributed by atoms with van der Waals surface area (Å²) in [5, 5.41) is 2.97. The van der Waals surface area contributed by atoms with Gasteiger partial charge in [-0.2, -0.15) is 0 Å². The number of carbonyl (C=O) groups is 1. The Morgan fingerprint density at radius 1 is 1.00 bits per heavy atom. The average Bonchev–Trinajstić information content (AvgIpc) is 2.72. The molecule has 1 saturated heterocycles. The number of carbonyl (C=O) groups excluding carboxylic acids is 1. The number of piperazine rings is 1. The van der Waals surface area contributed by atoms with Crippen LogP contribution in [0.3, 0.4) is 0 Å². The minimum atomic E-state index is -0.0420. The maximum absolute atomic E-state index is 11.9. The number of hydrogen-bond donors (Lipinski definition) is 1. The molecule has 5 heteroatoms. The lowest BCUT2D eigenvalue weighted by Gasteiger charge is -2.36. The highest BCUT2D eigenvalue weighted by atomic mass is 79.9. The van der Waals surface area contributed by atoms with E-state index in [1.54, 1.807) is 6.08 Å². The van der Waals surface area contributed by atoms with Gasteiger partial charge in [-0.3, -0.25) is 9.69 Å². The van der Waals surface area contributed by atoms with Crippen molar-refractivity contribution in [2.45, 2.75) is 6.42 Å². The van der Waals surface area contributed by atoms with Gasteiger partial charge in [-0.1, -0.05) is 52.3 Å². The van der Waals surface area contributed by atoms with Crippen LogP contribution in [0.1, 0.15) is 12.0 Å². The molecule has 0 unspecified atom stereocenters. The summed E-state index contributed by atoms with van der Waals surface area (Å²) in [4.78, 5) is 16.9. The Morgan fingerprint density at radius 2 is 1.70 bits per heavy atom. The summed E-state index contributed by atoms with van der Waals surface area (Å²) in [7, 11) is 0. The smallest absolute Gasteiger partial charge is 0.244 e. The van der Waals surface area contributed by atoms with Gasteiger partial charge >= 0.3 is 0 Å². The molecule has 0 spiro atoms. The van der Waals surface area contributed by atoms with Crippen LogP contribution in [-0.4, -0.2) is 50.1 Å². The second kappa shape index (κ2) is 10.3. The van der Waals surface area contributed by atoms with Gasteiger partial charge in [0, 0.05) is 49.0 Å². The van der Waals surface area contributed by atoms with Crippen molar-refractivity contribution in [3.05, 3.63) is 70.7 Å². The molecule has 4 nitrogen and oxygen atoms in total. The maximum atomic E-state index is 11.9. The Morgan fingerprint density at radius 3 is 2.44 bits per heavy atom. The number of benzene rings is 2. The predicted octanol–water partition coefficient (Wildman–Crippen LogP) is 3.79. The molecule has 142 valence electrons. The van der Waals surface area contributed by atoms with Crippen LogP contribution in [0.2, 0.25) is 0 Å². The van der Waals surface area contributed by atoms with Crippen LogP contribution in [0.15, 0.2) is 65.1 Å². The van der Waals surface area contributed by atoms with Gasteiger partial charge in [0.15, 0.2) is 0 Å². The topological polar surface area (TPSA) is 35.6 Å². The SMILES string of the molecule is O=C(/C=C/c1ccccc1Br)NCCCN1CCN(c2ccccc2)CC1. The molecule has 1 aliphatic rings. The molecule has 2 aromatic carbocycles. The molecule has 1 aliphatic heterocycles. The number of anilines is 1. The number of nitrogens with one attached hydrogen (secondary N) is 1. The molecule has 1 amide bonds. The molecular weight excluding hydrogens is 402 g/mol. The van der Waals surface area contributed by atoms with E-state index in [0.29, 0.717) is 6.54 Å². The number of nitrogens with zero attached hydrogens (tertiary/aromatic N) is 2. The van der Waals surface area contributed by atoms with E-state index in [2.05, 4.69) is 61.4 Å². The Kier molecular flexibility index (Phi) is 7.48. The minimum absolute atomic E-state index is 0.0420. The zero-order valence-electron chi connectivity index (χ0n) is 15.5. The third kappa shape index (κ3) is 6.22. The van der Waals surface area contributed by atoms with Gasteiger partial charge in [0.25, 0.3) is 0 Å². The summed E-state index contributed by atoms with van der Waals surface area (Å²) in [5.74, 6) is -0.0420. The van der Waals surface area contributed by atoms with E-state index in [-0.39, 0.29) is 5.91 Å². The van der Waals surface area contributed by atoms with Crippen LogP contribution in [0.5, 0.6) is 0 Å². The molecule has 2 aromatic rings. The summed E-state index contributed by atoms with van der Waals surface area (Å²) in [6.07, 6.45) is 4.40. The second-order valence-corrected chi connectivity index (χ2v) is 7.52. The fourth-order valence-electron chi connectivity index (χ4n) is 3.22. The summed E-state index contributed by atoms with van der Waals surface area (Å²) in [5.41, 5.74) is 2.31. The highest BCUT2D eigenvalue weighted by Gasteiger charge is 2.16. The zero-order chi connectivity index (χ0) is 18.9. The van der Waals surface area contributed by atoms with Crippen molar-refractivity contribution in [3.63, 3.8) is 0 Å². The van der Waals surface area contributed by atoms with E-state index < -0.39 is 0 Å². The lowest BCUT2D eigenvalue weighted by atomic mass is 10.2. The van der Waals surface area contributed by atoms with E-state index in [9.17, 15) is 4.79 Å². The first-order valence-corrected chi connectivity index (χ1v) is 10.2. The van der Waals surface area contributed by atoms with E-state index >= 15 is 0 Å². The van der Waals surface area contributed by atoms with Crippen LogP contribution < -0.4 is 10.2 Å². The van der Waals surface area contributed by atoms with Gasteiger partial charge in [-0.25, -0.2) is 0 Å². The van der Waals surface area contributed by atoms with Crippen molar-refractivity contribution in [2.75, 3.05) is 44.2 Å². The van der Waals surface area contributed by atoms with Crippen molar-refractivity contribution in [2.24, 2.45) is 0 Å². The Balaban J connectivity index is 1.32. The van der Waals surface area contributed by atoms with Gasteiger partial charge in [-0.05, 0) is 42.8 Å². The van der Waals surface area contributed by atoms with Crippen molar-refractivity contribution in [1.29, 1.82) is 0 Å². The molecular formula is C22H26BrN3O. The van der Waals surface area contributed by atoms with E-state index in [0.717, 1.165) is 49.2 Å². The number of halogens is 1. The van der Waals surface area contributed by atoms with E-state index in [4.69, 9.17) is 0 Å². The first-order chi connectivity index (χ1) is 13.2. The number of hydrogen-bond acceptors (Lipinski definition) is 3. The summed E-state index contributed by atoms with van der Waals surface area (Å²) >= 11 is 3.48. The molecule has 27 heavy (non-hydrogen) atoms. The van der Waals surface area contributed by atoms with Gasteiger partial charge in [0.1, 0.15) is 0 Å². The Hall–Kier alpha value is -2.11. The highest BCUT2D eigenvalue weighted by molar-refractivity contribution is 9.10. The number of rotatable bonds is 7. The fraction of sp³-hybridized carbons (Fsp3) is 0.318. The van der Waals surface area contributed by atoms with Crippen LogP contribution in [0, 0.1) is 0 Å². The highest BCUT2D eigenvalue weighted by Crippen LogP contribution is 2.17. The lowest BCUT2D eigenvalue weighted by molar-refractivity contribution is -0.116. The zero-order valence-corrected chi connectivity index (χ0v) is 17.1. The summed E-state index contributed by atoms with van der Waals surface area (Å²) < 4.78 is 0.990. The van der Waals surface area contributed by atoms with Crippen molar-refractivity contribution < 1.29 is 4.79 Å². The molecule has 1 fully saturated rings. The third-order valence-electron chi connectivity index (χ3n) is 4.76. The molecule has 3 rings (SSSR count). The molecule has 1 N–H and O–H groups in total. The maximum Gasteiger partial charge on any atom is 0.244 e. The quantitative estimate of drug-likeness (QED) is 0.539. The lowest BCUT2D eigenvalue weighted by Crippen LogP contribution is -2.47. The molecule has 0 aromatic heterocycles. The minimum Gasteiger partial charge on any atom is -0.369 e. The van der Waals surface area contributed by atoms with Gasteiger partial charge in [0.05, 0.1) is 0 Å². The monoisotopic (exact) mass is 427 g/mol. The average molecular weight is 428 g/mol. The van der Waals surface area contributed by atoms with Crippen molar-refractivity contribution >= 4 is 33.6 Å². The molecule has 0 atom stereocenters. The standard InChI is InChI=1S/C22H26BrN3O/c23-21-10-5-4-7-19(21)11-12-22(27)24-13-6-14-25-15-17-26(18-16-25)20-8-2-1-3-9-20/h1-5,7-12H,6,13-18H2,(H,24,27)/b12-11+. The van der Waals surface area contributed by atoms with Crippen LogP contribution >= 0.6 is 15.9 Å². The molecule has 1 heterocycles. The molecule has 0 aliphatic carbocycles. The van der Waals surface area contributed by atoms with E-state index in [1.165, 1.54) is 5.69 Å². The van der Waals surface area contributed by atoms with E-state index in [1.807, 2.05) is 30.3 Å². The fourth-order valence-corrected chi connectivity index (χ4v) is 3.63. The normalized spacial score (nSPS) is 15.2. The van der Waals surface area contributed by atoms with Gasteiger partial charge in [0.2, 0.25) is 5.91 Å². The molecule has 0 radical (unpaired) electrons. The molecule has 0 bridgehead atoms. The first kappa shape index (κ1) is 19.6. The van der Waals surface area contributed by atoms with Crippen LogP contribution in [0.4, 0.5) is 5.69 Å². The molecule has 0 saturated carbocycles. The predicted molar refractivity (Wildman–Crippen MR) is 116 cm³/mol. The van der Waals surface area contributed by atoms with Crippen molar-refractivity contribution in [3.8, 4) is 0 Å².